The molecule has 2 aromatic rings. The summed E-state index contributed by atoms with van der Waals surface area (Å²) in [5.74, 6) is 1.25. The van der Waals surface area contributed by atoms with E-state index in [4.69, 9.17) is 0 Å². The van der Waals surface area contributed by atoms with Gasteiger partial charge in [-0.2, -0.15) is 0 Å². The molecular formula is C12H11NS3. The van der Waals surface area contributed by atoms with Crippen molar-refractivity contribution >= 4 is 35.7 Å². The highest BCUT2D eigenvalue weighted by atomic mass is 32.2. The largest absolute Gasteiger partial charge is 0.230 e. The SMILES string of the molecule is Sc1csc(-c2ccc3c(c2)CCCS3)n1. The van der Waals surface area contributed by atoms with Crippen LogP contribution in [0.2, 0.25) is 0 Å². The van der Waals surface area contributed by atoms with Gasteiger partial charge in [-0.15, -0.1) is 35.7 Å². The molecular weight excluding hydrogens is 254 g/mol. The maximum atomic E-state index is 4.41. The first kappa shape index (κ1) is 10.7. The molecule has 0 saturated carbocycles. The summed E-state index contributed by atoms with van der Waals surface area (Å²) in [5.41, 5.74) is 2.70. The highest BCUT2D eigenvalue weighted by Gasteiger charge is 2.11. The molecule has 0 fully saturated rings. The van der Waals surface area contributed by atoms with Gasteiger partial charge in [0.2, 0.25) is 0 Å². The Labute approximate surface area is 109 Å². The van der Waals surface area contributed by atoms with Crippen LogP contribution in [0.4, 0.5) is 0 Å². The van der Waals surface area contributed by atoms with E-state index in [1.807, 2.05) is 17.1 Å². The Morgan fingerprint density at radius 1 is 1.31 bits per heavy atom. The summed E-state index contributed by atoms with van der Waals surface area (Å²) >= 11 is 7.87. The number of fused-ring (bicyclic) bond motifs is 1. The summed E-state index contributed by atoms with van der Waals surface area (Å²) in [4.78, 5) is 5.85. The van der Waals surface area contributed by atoms with Crippen molar-refractivity contribution in [2.75, 3.05) is 5.75 Å². The Morgan fingerprint density at radius 2 is 2.25 bits per heavy atom. The minimum absolute atomic E-state index is 0.812. The smallest absolute Gasteiger partial charge is 0.124 e. The lowest BCUT2D eigenvalue weighted by molar-refractivity contribution is 0.890. The molecule has 1 aliphatic rings. The van der Waals surface area contributed by atoms with Crippen LogP contribution >= 0.6 is 35.7 Å². The second kappa shape index (κ2) is 4.43. The van der Waals surface area contributed by atoms with Gasteiger partial charge in [0.05, 0.1) is 0 Å². The first-order valence-electron chi connectivity index (χ1n) is 5.23. The third-order valence-electron chi connectivity index (χ3n) is 2.65. The van der Waals surface area contributed by atoms with E-state index in [1.54, 1.807) is 11.3 Å². The third-order valence-corrected chi connectivity index (χ3v) is 5.14. The number of benzene rings is 1. The molecule has 1 aromatic carbocycles. The lowest BCUT2D eigenvalue weighted by Crippen LogP contribution is -1.98. The fourth-order valence-electron chi connectivity index (χ4n) is 1.89. The number of nitrogens with zero attached hydrogens (tertiary/aromatic N) is 1. The van der Waals surface area contributed by atoms with Crippen LogP contribution in [0.3, 0.4) is 0 Å². The van der Waals surface area contributed by atoms with Gasteiger partial charge in [-0.1, -0.05) is 6.07 Å². The van der Waals surface area contributed by atoms with Gasteiger partial charge in [-0.05, 0) is 36.3 Å². The van der Waals surface area contributed by atoms with Gasteiger partial charge in [0.25, 0.3) is 0 Å². The Bertz CT molecular complexity index is 519. The number of thiazole rings is 1. The van der Waals surface area contributed by atoms with Crippen molar-refractivity contribution in [1.29, 1.82) is 0 Å². The minimum atomic E-state index is 0.812. The standard InChI is InChI=1S/C12H11NS3/c14-11-7-16-12(13-11)9-3-4-10-8(6-9)2-1-5-15-10/h3-4,6-7,14H,1-2,5H2. The lowest BCUT2D eigenvalue weighted by atomic mass is 10.1. The van der Waals surface area contributed by atoms with E-state index < -0.39 is 0 Å². The Hall–Kier alpha value is -0.450. The van der Waals surface area contributed by atoms with E-state index in [2.05, 4.69) is 35.8 Å². The van der Waals surface area contributed by atoms with Crippen molar-refractivity contribution in [2.24, 2.45) is 0 Å². The lowest BCUT2D eigenvalue weighted by Gasteiger charge is -2.15. The van der Waals surface area contributed by atoms with Crippen LogP contribution in [0.15, 0.2) is 33.5 Å². The number of thiol groups is 1. The fourth-order valence-corrected chi connectivity index (χ4v) is 3.92. The van der Waals surface area contributed by atoms with Crippen molar-refractivity contribution in [2.45, 2.75) is 22.8 Å². The number of hydrogen-bond donors (Lipinski definition) is 1. The molecule has 2 heterocycles. The van der Waals surface area contributed by atoms with Crippen molar-refractivity contribution in [3.05, 3.63) is 29.1 Å². The molecule has 0 bridgehead atoms. The number of hydrogen-bond acceptors (Lipinski definition) is 4. The summed E-state index contributed by atoms with van der Waals surface area (Å²) in [6.07, 6.45) is 2.49. The van der Waals surface area contributed by atoms with Gasteiger partial charge in [0, 0.05) is 15.8 Å². The monoisotopic (exact) mass is 265 g/mol. The average Bonchev–Trinajstić information content (AvgIpc) is 2.75. The summed E-state index contributed by atoms with van der Waals surface area (Å²) in [6, 6.07) is 6.69. The topological polar surface area (TPSA) is 12.9 Å². The number of thioether (sulfide) groups is 1. The maximum Gasteiger partial charge on any atom is 0.124 e. The van der Waals surface area contributed by atoms with E-state index in [0.717, 1.165) is 10.0 Å². The highest BCUT2D eigenvalue weighted by molar-refractivity contribution is 7.99. The van der Waals surface area contributed by atoms with Crippen LogP contribution in [0.1, 0.15) is 12.0 Å². The second-order valence-corrected chi connectivity index (χ2v) is 6.24. The van der Waals surface area contributed by atoms with Gasteiger partial charge in [0.15, 0.2) is 0 Å². The van der Waals surface area contributed by atoms with Crippen LogP contribution in [-0.2, 0) is 6.42 Å². The highest BCUT2D eigenvalue weighted by Crippen LogP contribution is 2.34. The average molecular weight is 265 g/mol. The minimum Gasteiger partial charge on any atom is -0.230 e. The van der Waals surface area contributed by atoms with E-state index in [-0.39, 0.29) is 0 Å². The normalized spacial score (nSPS) is 14.8. The Kier molecular flexibility index (Phi) is 2.96. The molecule has 1 nitrogen and oxygen atoms in total. The van der Waals surface area contributed by atoms with E-state index in [9.17, 15) is 0 Å². The van der Waals surface area contributed by atoms with Crippen molar-refractivity contribution in [1.82, 2.24) is 4.98 Å². The Balaban J connectivity index is 2.02. The zero-order valence-electron chi connectivity index (χ0n) is 8.64. The molecule has 16 heavy (non-hydrogen) atoms. The molecule has 0 radical (unpaired) electrons. The van der Waals surface area contributed by atoms with Crippen LogP contribution in [0.25, 0.3) is 10.6 Å². The quantitative estimate of drug-likeness (QED) is 0.778. The molecule has 0 spiro atoms. The van der Waals surface area contributed by atoms with Crippen LogP contribution in [0, 0.1) is 0 Å². The van der Waals surface area contributed by atoms with Crippen molar-refractivity contribution < 1.29 is 0 Å². The van der Waals surface area contributed by atoms with E-state index in [1.165, 1.54) is 34.6 Å². The van der Waals surface area contributed by atoms with Gasteiger partial charge in [-0.25, -0.2) is 4.98 Å². The number of aryl methyl sites for hydroxylation is 1. The summed E-state index contributed by atoms with van der Waals surface area (Å²) in [7, 11) is 0. The van der Waals surface area contributed by atoms with Gasteiger partial charge < -0.3 is 0 Å². The molecule has 0 N–H and O–H groups in total. The summed E-state index contributed by atoms with van der Waals surface area (Å²) in [6.45, 7) is 0. The second-order valence-electron chi connectivity index (χ2n) is 3.79. The predicted octanol–water partition coefficient (Wildman–Crippen LogP) is 4.14. The summed E-state index contributed by atoms with van der Waals surface area (Å²) in [5, 5.41) is 3.86. The molecule has 0 amide bonds. The summed E-state index contributed by atoms with van der Waals surface area (Å²) < 4.78 is 0. The molecule has 0 aliphatic carbocycles. The first-order valence-corrected chi connectivity index (χ1v) is 7.55. The molecule has 1 aliphatic heterocycles. The predicted molar refractivity (Wildman–Crippen MR) is 73.8 cm³/mol. The number of rotatable bonds is 1. The van der Waals surface area contributed by atoms with Crippen LogP contribution < -0.4 is 0 Å². The molecule has 3 rings (SSSR count). The molecule has 0 atom stereocenters. The zero-order chi connectivity index (χ0) is 11.0. The van der Waals surface area contributed by atoms with Crippen molar-refractivity contribution in [3.8, 4) is 10.6 Å². The molecule has 0 saturated heterocycles. The zero-order valence-corrected chi connectivity index (χ0v) is 11.2. The van der Waals surface area contributed by atoms with Crippen molar-refractivity contribution in [3.63, 3.8) is 0 Å². The molecule has 1 aromatic heterocycles. The number of aromatic nitrogens is 1. The van der Waals surface area contributed by atoms with E-state index >= 15 is 0 Å². The van der Waals surface area contributed by atoms with Crippen LogP contribution in [0.5, 0.6) is 0 Å². The molecule has 82 valence electrons. The van der Waals surface area contributed by atoms with Crippen LogP contribution in [-0.4, -0.2) is 10.7 Å². The fraction of sp³-hybridized carbons (Fsp3) is 0.250. The maximum absolute atomic E-state index is 4.41. The molecule has 4 heteroatoms. The van der Waals surface area contributed by atoms with Gasteiger partial charge in [-0.3, -0.25) is 0 Å². The third kappa shape index (κ3) is 2.01. The van der Waals surface area contributed by atoms with Gasteiger partial charge in [0.1, 0.15) is 10.0 Å². The Morgan fingerprint density at radius 3 is 3.06 bits per heavy atom. The molecule has 0 unspecified atom stereocenters. The van der Waals surface area contributed by atoms with E-state index in [0.29, 0.717) is 0 Å². The first-order chi connectivity index (χ1) is 7.83. The van der Waals surface area contributed by atoms with Gasteiger partial charge >= 0.3 is 0 Å².